The summed E-state index contributed by atoms with van der Waals surface area (Å²) in [7, 11) is 0. The van der Waals surface area contributed by atoms with Gasteiger partial charge in [-0.05, 0) is 31.4 Å². The van der Waals surface area contributed by atoms with Gasteiger partial charge in [0.2, 0.25) is 0 Å². The molecule has 0 bridgehead atoms. The fraction of sp³-hybridized carbons (Fsp3) is 0.300. The minimum atomic E-state index is 0.725. The predicted octanol–water partition coefficient (Wildman–Crippen LogP) is 2.53. The summed E-state index contributed by atoms with van der Waals surface area (Å²) in [5.74, 6) is 2.33. The summed E-state index contributed by atoms with van der Waals surface area (Å²) in [5.41, 5.74) is 0.752. The van der Waals surface area contributed by atoms with Gasteiger partial charge in [-0.25, -0.2) is 0 Å². The fourth-order valence-electron chi connectivity index (χ4n) is 0.990. The molecule has 0 aliphatic carbocycles. The zero-order valence-corrected chi connectivity index (χ0v) is 8.56. The van der Waals surface area contributed by atoms with Gasteiger partial charge in [-0.3, -0.25) is 4.79 Å². The molecule has 0 fully saturated rings. The summed E-state index contributed by atoms with van der Waals surface area (Å²) in [6.07, 6.45) is 4.61. The lowest BCUT2D eigenvalue weighted by atomic mass is 10.3. The zero-order chi connectivity index (χ0) is 9.68. The predicted molar refractivity (Wildman–Crippen MR) is 55.9 cm³/mol. The Bertz CT molecular complexity index is 312. The molecule has 0 spiro atoms. The molecule has 0 saturated heterocycles. The first-order valence-electron chi connectivity index (χ1n) is 3.97. The Balaban J connectivity index is 2.78. The van der Waals surface area contributed by atoms with Gasteiger partial charge < -0.3 is 4.42 Å². The Labute approximate surface area is 82.0 Å². The van der Waals surface area contributed by atoms with Crippen LogP contribution < -0.4 is 0 Å². The molecule has 1 aromatic rings. The van der Waals surface area contributed by atoms with Crippen LogP contribution in [-0.2, 0) is 4.79 Å². The Morgan fingerprint density at radius 2 is 2.38 bits per heavy atom. The summed E-state index contributed by atoms with van der Waals surface area (Å²) in [6, 6.07) is 3.74. The molecular formula is C10H12O2S. The van der Waals surface area contributed by atoms with Gasteiger partial charge >= 0.3 is 0 Å². The highest BCUT2D eigenvalue weighted by Gasteiger charge is 1.98. The van der Waals surface area contributed by atoms with E-state index >= 15 is 0 Å². The number of carbonyl (C=O) groups excluding carboxylic acids is 1. The van der Waals surface area contributed by atoms with Gasteiger partial charge in [-0.1, -0.05) is 0 Å². The normalized spacial score (nSPS) is 11.7. The van der Waals surface area contributed by atoms with Crippen molar-refractivity contribution >= 4 is 24.1 Å². The van der Waals surface area contributed by atoms with E-state index in [1.807, 2.05) is 25.3 Å². The molecule has 0 atom stereocenters. The van der Waals surface area contributed by atoms with E-state index < -0.39 is 0 Å². The van der Waals surface area contributed by atoms with Crippen molar-refractivity contribution in [2.75, 3.05) is 12.0 Å². The maximum Gasteiger partial charge on any atom is 0.147 e. The molecule has 0 unspecified atom stereocenters. The van der Waals surface area contributed by atoms with Crippen LogP contribution in [0.3, 0.4) is 0 Å². The third kappa shape index (κ3) is 3.11. The second-order valence-corrected chi connectivity index (χ2v) is 3.58. The number of aldehydes is 1. The van der Waals surface area contributed by atoms with E-state index in [2.05, 4.69) is 0 Å². The van der Waals surface area contributed by atoms with Crippen LogP contribution in [0.5, 0.6) is 0 Å². The van der Waals surface area contributed by atoms with Gasteiger partial charge in [0, 0.05) is 11.3 Å². The smallest absolute Gasteiger partial charge is 0.147 e. The molecule has 0 aromatic carbocycles. The molecule has 13 heavy (non-hydrogen) atoms. The standard InChI is InChI=1S/C10H12O2S/c1-8-3-4-10(12-8)5-9(6-11)7-13-2/h3-6H,7H2,1-2H3. The zero-order valence-electron chi connectivity index (χ0n) is 7.74. The van der Waals surface area contributed by atoms with Crippen LogP contribution in [0.25, 0.3) is 6.08 Å². The second-order valence-electron chi connectivity index (χ2n) is 2.72. The largest absolute Gasteiger partial charge is 0.462 e. The third-order valence-corrected chi connectivity index (χ3v) is 2.17. The number of aryl methyl sites for hydroxylation is 1. The number of hydrogen-bond acceptors (Lipinski definition) is 3. The van der Waals surface area contributed by atoms with Gasteiger partial charge in [0.05, 0.1) is 0 Å². The molecule has 0 amide bonds. The molecular weight excluding hydrogens is 184 g/mol. The van der Waals surface area contributed by atoms with Crippen LogP contribution in [0.4, 0.5) is 0 Å². The summed E-state index contributed by atoms with van der Waals surface area (Å²) in [4.78, 5) is 10.6. The van der Waals surface area contributed by atoms with Crippen molar-refractivity contribution in [1.29, 1.82) is 0 Å². The Morgan fingerprint density at radius 3 is 2.85 bits per heavy atom. The van der Waals surface area contributed by atoms with E-state index in [1.54, 1.807) is 17.8 Å². The van der Waals surface area contributed by atoms with E-state index in [1.165, 1.54) is 0 Å². The van der Waals surface area contributed by atoms with Crippen molar-refractivity contribution < 1.29 is 9.21 Å². The molecule has 0 N–H and O–H groups in total. The number of carbonyl (C=O) groups is 1. The van der Waals surface area contributed by atoms with Crippen molar-refractivity contribution in [3.8, 4) is 0 Å². The molecule has 70 valence electrons. The van der Waals surface area contributed by atoms with E-state index in [4.69, 9.17) is 4.42 Å². The van der Waals surface area contributed by atoms with Crippen molar-refractivity contribution in [2.45, 2.75) is 6.92 Å². The van der Waals surface area contributed by atoms with Crippen molar-refractivity contribution in [3.05, 3.63) is 29.2 Å². The third-order valence-electron chi connectivity index (χ3n) is 1.55. The van der Waals surface area contributed by atoms with Crippen molar-refractivity contribution in [2.24, 2.45) is 0 Å². The maximum atomic E-state index is 10.6. The maximum absolute atomic E-state index is 10.6. The number of hydrogen-bond donors (Lipinski definition) is 0. The highest BCUT2D eigenvalue weighted by molar-refractivity contribution is 7.98. The lowest BCUT2D eigenvalue weighted by Gasteiger charge is -1.93. The first kappa shape index (κ1) is 10.1. The Hall–Kier alpha value is -0.960. The molecule has 1 rings (SSSR count). The van der Waals surface area contributed by atoms with E-state index in [0.717, 1.165) is 29.1 Å². The van der Waals surface area contributed by atoms with Gasteiger partial charge in [0.25, 0.3) is 0 Å². The molecule has 3 heteroatoms. The fourth-order valence-corrected chi connectivity index (χ4v) is 1.47. The van der Waals surface area contributed by atoms with E-state index in [9.17, 15) is 4.79 Å². The van der Waals surface area contributed by atoms with Crippen LogP contribution in [0, 0.1) is 6.92 Å². The first-order chi connectivity index (χ1) is 6.26. The van der Waals surface area contributed by atoms with Gasteiger partial charge in [-0.2, -0.15) is 11.8 Å². The van der Waals surface area contributed by atoms with Crippen molar-refractivity contribution in [3.63, 3.8) is 0 Å². The average molecular weight is 196 g/mol. The van der Waals surface area contributed by atoms with Crippen LogP contribution in [0.15, 0.2) is 22.1 Å². The lowest BCUT2D eigenvalue weighted by Crippen LogP contribution is -1.87. The van der Waals surface area contributed by atoms with Gasteiger partial charge in [0.15, 0.2) is 0 Å². The van der Waals surface area contributed by atoms with Crippen LogP contribution in [0.2, 0.25) is 0 Å². The summed E-state index contributed by atoms with van der Waals surface area (Å²) < 4.78 is 5.32. The van der Waals surface area contributed by atoms with Gasteiger partial charge in [0.1, 0.15) is 17.8 Å². The molecule has 1 aromatic heterocycles. The monoisotopic (exact) mass is 196 g/mol. The Morgan fingerprint density at radius 1 is 1.62 bits per heavy atom. The summed E-state index contributed by atoms with van der Waals surface area (Å²) in [6.45, 7) is 1.88. The quantitative estimate of drug-likeness (QED) is 0.547. The van der Waals surface area contributed by atoms with Crippen molar-refractivity contribution in [1.82, 2.24) is 0 Å². The second kappa shape index (κ2) is 4.92. The molecule has 0 saturated carbocycles. The SMILES string of the molecule is CSCC(C=O)=Cc1ccc(C)o1. The average Bonchev–Trinajstić information content (AvgIpc) is 2.50. The van der Waals surface area contributed by atoms with Crippen LogP contribution in [-0.4, -0.2) is 18.3 Å². The molecule has 0 aliphatic rings. The van der Waals surface area contributed by atoms with Crippen LogP contribution >= 0.6 is 11.8 Å². The van der Waals surface area contributed by atoms with E-state index in [0.29, 0.717) is 0 Å². The molecule has 1 heterocycles. The molecule has 2 nitrogen and oxygen atoms in total. The minimum absolute atomic E-state index is 0.725. The summed E-state index contributed by atoms with van der Waals surface area (Å²) in [5, 5.41) is 0. The Kier molecular flexibility index (Phi) is 3.83. The highest BCUT2D eigenvalue weighted by Crippen LogP contribution is 2.12. The minimum Gasteiger partial charge on any atom is -0.462 e. The van der Waals surface area contributed by atoms with E-state index in [-0.39, 0.29) is 0 Å². The van der Waals surface area contributed by atoms with Crippen LogP contribution in [0.1, 0.15) is 11.5 Å². The first-order valence-corrected chi connectivity index (χ1v) is 5.36. The number of rotatable bonds is 4. The molecule has 0 radical (unpaired) electrons. The summed E-state index contributed by atoms with van der Waals surface area (Å²) >= 11 is 1.62. The molecule has 0 aliphatic heterocycles. The lowest BCUT2D eigenvalue weighted by molar-refractivity contribution is -0.104. The number of thioether (sulfide) groups is 1. The number of furan rings is 1. The highest BCUT2D eigenvalue weighted by atomic mass is 32.2. The van der Waals surface area contributed by atoms with Gasteiger partial charge in [-0.15, -0.1) is 0 Å². The topological polar surface area (TPSA) is 30.2 Å².